The van der Waals surface area contributed by atoms with Crippen LogP contribution in [-0.2, 0) is 18.9 Å². The van der Waals surface area contributed by atoms with Crippen molar-refractivity contribution >= 4 is 19.2 Å². The number of ether oxygens (including phenoxy) is 1. The summed E-state index contributed by atoms with van der Waals surface area (Å²) in [5.74, 6) is -1.20. The van der Waals surface area contributed by atoms with Crippen molar-refractivity contribution < 1.29 is 23.8 Å². The molecule has 0 rings (SSSR count). The Labute approximate surface area is 87.8 Å². The van der Waals surface area contributed by atoms with Crippen LogP contribution in [0.4, 0.5) is 0 Å². The molecule has 7 heteroatoms. The predicted molar refractivity (Wildman–Crippen MR) is 54.5 cm³/mol. The second-order valence-electron chi connectivity index (χ2n) is 3.02. The number of rotatable bonds is 4. The zero-order chi connectivity index (χ0) is 12.1. The fourth-order valence-corrected chi connectivity index (χ4v) is 1.27. The molecule has 0 aliphatic carbocycles. The van der Waals surface area contributed by atoms with E-state index in [-0.39, 0.29) is 11.9 Å². The number of carbonyl (C=O) groups excluding carboxylic acids is 2. The average molecular weight is 235 g/mol. The summed E-state index contributed by atoms with van der Waals surface area (Å²) in [6.07, 6.45) is 0.978. The Hall–Kier alpha value is -1.13. The van der Waals surface area contributed by atoms with E-state index in [1.165, 1.54) is 13.0 Å². The van der Waals surface area contributed by atoms with Gasteiger partial charge in [-0.3, -0.25) is 9.36 Å². The van der Waals surface area contributed by atoms with Crippen molar-refractivity contribution in [2.75, 3.05) is 19.9 Å². The first-order valence-corrected chi connectivity index (χ1v) is 6.41. The van der Waals surface area contributed by atoms with E-state index in [4.69, 9.17) is 4.89 Å². The van der Waals surface area contributed by atoms with Crippen LogP contribution in [-0.4, -0.2) is 36.7 Å². The molecule has 0 saturated carbocycles. The number of amides is 1. The summed E-state index contributed by atoms with van der Waals surface area (Å²) in [7, 11) is -2.09. The van der Waals surface area contributed by atoms with Crippen molar-refractivity contribution in [3.05, 3.63) is 11.8 Å². The molecule has 0 radical (unpaired) electrons. The van der Waals surface area contributed by atoms with Crippen LogP contribution in [0.5, 0.6) is 0 Å². The van der Waals surface area contributed by atoms with Crippen molar-refractivity contribution in [1.29, 1.82) is 0 Å². The number of esters is 1. The highest BCUT2D eigenvalue weighted by molar-refractivity contribution is 7.57. The Morgan fingerprint density at radius 2 is 2.07 bits per heavy atom. The molecule has 2 N–H and O–H groups in total. The molecule has 6 nitrogen and oxygen atoms in total. The molecule has 0 fully saturated rings. The summed E-state index contributed by atoms with van der Waals surface area (Å²) in [5, 5.41) is 2.22. The minimum Gasteiger partial charge on any atom is -0.464 e. The van der Waals surface area contributed by atoms with Gasteiger partial charge >= 0.3 is 5.97 Å². The third-order valence-corrected chi connectivity index (χ3v) is 2.21. The maximum atomic E-state index is 11.1. The lowest BCUT2D eigenvalue weighted by Gasteiger charge is -2.06. The standard InChI is InChI=1S/C8H14NO5P/c1-6(10)9-7(8(11)14-2)4-5-15(3,12)13/h4H,5H2,1-3H3,(H,9,10)(H,12,13). The molecule has 0 spiro atoms. The molecule has 0 aromatic carbocycles. The van der Waals surface area contributed by atoms with Gasteiger partial charge in [0.15, 0.2) is 0 Å². The van der Waals surface area contributed by atoms with Crippen molar-refractivity contribution in [2.45, 2.75) is 6.92 Å². The number of nitrogens with one attached hydrogen (secondary N) is 1. The lowest BCUT2D eigenvalue weighted by Crippen LogP contribution is -2.26. The Bertz CT molecular complexity index is 330. The number of methoxy groups -OCH3 is 1. The third kappa shape index (κ3) is 6.88. The Kier molecular flexibility index (Phi) is 5.25. The molecule has 15 heavy (non-hydrogen) atoms. The largest absolute Gasteiger partial charge is 0.464 e. The SMILES string of the molecule is COC(=O)C(=CCP(C)(=O)O)NC(C)=O. The first-order chi connectivity index (χ1) is 6.76. The van der Waals surface area contributed by atoms with Crippen LogP contribution < -0.4 is 5.32 Å². The van der Waals surface area contributed by atoms with Crippen LogP contribution in [0.15, 0.2) is 11.8 Å². The summed E-state index contributed by atoms with van der Waals surface area (Å²) in [5.41, 5.74) is -0.124. The van der Waals surface area contributed by atoms with Gasteiger partial charge in [0.25, 0.3) is 0 Å². The van der Waals surface area contributed by atoms with Gasteiger partial charge in [-0.15, -0.1) is 0 Å². The molecule has 1 unspecified atom stereocenters. The van der Waals surface area contributed by atoms with Gasteiger partial charge in [-0.2, -0.15) is 0 Å². The third-order valence-electron chi connectivity index (χ3n) is 1.35. The average Bonchev–Trinajstić information content (AvgIpc) is 2.09. The molecule has 86 valence electrons. The molecular weight excluding hydrogens is 221 g/mol. The van der Waals surface area contributed by atoms with E-state index < -0.39 is 19.2 Å². The quantitative estimate of drug-likeness (QED) is 0.409. The van der Waals surface area contributed by atoms with E-state index in [0.717, 1.165) is 13.8 Å². The minimum absolute atomic E-state index is 0.124. The molecule has 0 aliphatic heterocycles. The zero-order valence-corrected chi connectivity index (χ0v) is 9.71. The maximum absolute atomic E-state index is 11.1. The highest BCUT2D eigenvalue weighted by Crippen LogP contribution is 2.34. The van der Waals surface area contributed by atoms with Crippen LogP contribution in [0.1, 0.15) is 6.92 Å². The summed E-state index contributed by atoms with van der Waals surface area (Å²) in [6, 6.07) is 0. The molecule has 0 bridgehead atoms. The second-order valence-corrected chi connectivity index (χ2v) is 5.49. The summed E-state index contributed by atoms with van der Waals surface area (Å²) >= 11 is 0. The van der Waals surface area contributed by atoms with Gasteiger partial charge in [-0.25, -0.2) is 4.79 Å². The molecule has 0 aliphatic rings. The van der Waals surface area contributed by atoms with E-state index >= 15 is 0 Å². The predicted octanol–water partition coefficient (Wildman–Crippen LogP) is 0.0796. The van der Waals surface area contributed by atoms with E-state index in [2.05, 4.69) is 10.1 Å². The topological polar surface area (TPSA) is 92.7 Å². The van der Waals surface area contributed by atoms with Crippen LogP contribution in [0.2, 0.25) is 0 Å². The van der Waals surface area contributed by atoms with Crippen LogP contribution in [0, 0.1) is 0 Å². The number of hydrogen-bond donors (Lipinski definition) is 2. The lowest BCUT2D eigenvalue weighted by atomic mass is 10.4. The first-order valence-electron chi connectivity index (χ1n) is 4.11. The fourth-order valence-electron chi connectivity index (χ4n) is 0.746. The van der Waals surface area contributed by atoms with Gasteiger partial charge < -0.3 is 14.9 Å². The maximum Gasteiger partial charge on any atom is 0.354 e. The Morgan fingerprint density at radius 3 is 2.40 bits per heavy atom. The summed E-state index contributed by atoms with van der Waals surface area (Å²) < 4.78 is 15.3. The summed E-state index contributed by atoms with van der Waals surface area (Å²) in [6.45, 7) is 2.38. The van der Waals surface area contributed by atoms with Gasteiger partial charge in [0.2, 0.25) is 13.3 Å². The van der Waals surface area contributed by atoms with Crippen LogP contribution in [0.25, 0.3) is 0 Å². The smallest absolute Gasteiger partial charge is 0.354 e. The normalized spacial score (nSPS) is 15.3. The van der Waals surface area contributed by atoms with E-state index in [0.29, 0.717) is 0 Å². The molecular formula is C8H14NO5P. The van der Waals surface area contributed by atoms with E-state index in [9.17, 15) is 14.2 Å². The highest BCUT2D eigenvalue weighted by Gasteiger charge is 2.14. The van der Waals surface area contributed by atoms with Crippen molar-refractivity contribution in [2.24, 2.45) is 0 Å². The molecule has 0 saturated heterocycles. The van der Waals surface area contributed by atoms with E-state index in [1.54, 1.807) is 0 Å². The summed E-state index contributed by atoms with van der Waals surface area (Å²) in [4.78, 5) is 30.8. The zero-order valence-electron chi connectivity index (χ0n) is 8.81. The van der Waals surface area contributed by atoms with Crippen molar-refractivity contribution in [1.82, 2.24) is 5.32 Å². The van der Waals surface area contributed by atoms with E-state index in [1.807, 2.05) is 0 Å². The molecule has 0 heterocycles. The van der Waals surface area contributed by atoms with Gasteiger partial charge in [0.05, 0.1) is 7.11 Å². The lowest BCUT2D eigenvalue weighted by molar-refractivity contribution is -0.137. The molecule has 0 aromatic rings. The van der Waals surface area contributed by atoms with Gasteiger partial charge in [-0.05, 0) is 6.08 Å². The first kappa shape index (κ1) is 13.9. The van der Waals surface area contributed by atoms with Crippen LogP contribution in [0.3, 0.4) is 0 Å². The molecule has 1 amide bonds. The van der Waals surface area contributed by atoms with Gasteiger partial charge in [0, 0.05) is 19.8 Å². The fraction of sp³-hybridized carbons (Fsp3) is 0.500. The Morgan fingerprint density at radius 1 is 1.53 bits per heavy atom. The Balaban J connectivity index is 4.70. The minimum atomic E-state index is -3.25. The molecule has 0 aromatic heterocycles. The number of carbonyl (C=O) groups is 2. The second kappa shape index (κ2) is 5.68. The number of hydrogen-bond acceptors (Lipinski definition) is 4. The van der Waals surface area contributed by atoms with Gasteiger partial charge in [-0.1, -0.05) is 0 Å². The monoisotopic (exact) mass is 235 g/mol. The molecule has 1 atom stereocenters. The van der Waals surface area contributed by atoms with Gasteiger partial charge in [0.1, 0.15) is 5.70 Å². The van der Waals surface area contributed by atoms with Crippen LogP contribution >= 0.6 is 7.37 Å². The highest BCUT2D eigenvalue weighted by atomic mass is 31.2. The van der Waals surface area contributed by atoms with Crippen molar-refractivity contribution in [3.63, 3.8) is 0 Å². The van der Waals surface area contributed by atoms with Crippen molar-refractivity contribution in [3.8, 4) is 0 Å². The number of allylic oxidation sites excluding steroid dienone is 1.